The summed E-state index contributed by atoms with van der Waals surface area (Å²) in [6.07, 6.45) is 2.94. The lowest BCUT2D eigenvalue weighted by molar-refractivity contribution is 0.0828. The summed E-state index contributed by atoms with van der Waals surface area (Å²) in [6, 6.07) is 0.369. The van der Waals surface area contributed by atoms with Crippen molar-refractivity contribution in [2.75, 3.05) is 33.8 Å². The molecule has 0 atom stereocenters. The van der Waals surface area contributed by atoms with E-state index in [1.54, 1.807) is 0 Å². The number of piperidine rings is 1. The second-order valence-electron chi connectivity index (χ2n) is 4.20. The first kappa shape index (κ1) is 12.3. The van der Waals surface area contributed by atoms with Crippen LogP contribution < -0.4 is 0 Å². The molecule has 1 fully saturated rings. The van der Waals surface area contributed by atoms with Crippen LogP contribution in [-0.2, 0) is 4.74 Å². The molecule has 0 unspecified atom stereocenters. The van der Waals surface area contributed by atoms with Gasteiger partial charge in [0.2, 0.25) is 0 Å². The van der Waals surface area contributed by atoms with Gasteiger partial charge in [-0.05, 0) is 39.4 Å². The standard InChI is InChI=1S/C11H22N2O2/c1-4-7-13(11(14)15-3)10-5-8-12(2)9-6-10/h10H,4-9H2,1-3H3. The van der Waals surface area contributed by atoms with Crippen molar-refractivity contribution in [3.63, 3.8) is 0 Å². The van der Waals surface area contributed by atoms with Gasteiger partial charge in [0, 0.05) is 12.6 Å². The van der Waals surface area contributed by atoms with E-state index < -0.39 is 0 Å². The van der Waals surface area contributed by atoms with Crippen molar-refractivity contribution < 1.29 is 9.53 Å². The number of carbonyl (C=O) groups is 1. The molecule has 0 aliphatic carbocycles. The molecule has 1 aliphatic rings. The molecule has 1 rings (SSSR count). The molecule has 0 spiro atoms. The van der Waals surface area contributed by atoms with Crippen LogP contribution in [0.4, 0.5) is 4.79 Å². The van der Waals surface area contributed by atoms with Crippen LogP contribution in [0.2, 0.25) is 0 Å². The Morgan fingerprint density at radius 1 is 1.47 bits per heavy atom. The molecule has 1 amide bonds. The molecule has 1 heterocycles. The molecule has 88 valence electrons. The summed E-state index contributed by atoms with van der Waals surface area (Å²) in [4.78, 5) is 15.8. The molecule has 0 N–H and O–H groups in total. The second-order valence-corrected chi connectivity index (χ2v) is 4.20. The Bertz CT molecular complexity index is 201. The van der Waals surface area contributed by atoms with Crippen LogP contribution in [0.5, 0.6) is 0 Å². The lowest BCUT2D eigenvalue weighted by Gasteiger charge is -2.36. The quantitative estimate of drug-likeness (QED) is 0.714. The van der Waals surface area contributed by atoms with Crippen molar-refractivity contribution in [1.82, 2.24) is 9.80 Å². The third kappa shape index (κ3) is 3.38. The maximum Gasteiger partial charge on any atom is 0.409 e. The average molecular weight is 214 g/mol. The minimum absolute atomic E-state index is 0.175. The smallest absolute Gasteiger partial charge is 0.409 e. The maximum atomic E-state index is 11.6. The van der Waals surface area contributed by atoms with E-state index >= 15 is 0 Å². The normalized spacial score (nSPS) is 18.9. The van der Waals surface area contributed by atoms with Gasteiger partial charge in [-0.3, -0.25) is 0 Å². The van der Waals surface area contributed by atoms with Crippen LogP contribution in [0.15, 0.2) is 0 Å². The Morgan fingerprint density at radius 2 is 2.07 bits per heavy atom. The number of hydrogen-bond donors (Lipinski definition) is 0. The molecular weight excluding hydrogens is 192 g/mol. The molecule has 1 saturated heterocycles. The number of ether oxygens (including phenoxy) is 1. The first-order valence-electron chi connectivity index (χ1n) is 5.72. The van der Waals surface area contributed by atoms with E-state index in [4.69, 9.17) is 4.74 Å². The van der Waals surface area contributed by atoms with Crippen molar-refractivity contribution >= 4 is 6.09 Å². The first-order valence-corrected chi connectivity index (χ1v) is 5.72. The summed E-state index contributed by atoms with van der Waals surface area (Å²) < 4.78 is 4.82. The highest BCUT2D eigenvalue weighted by Gasteiger charge is 2.26. The van der Waals surface area contributed by atoms with E-state index in [2.05, 4.69) is 18.9 Å². The lowest BCUT2D eigenvalue weighted by atomic mass is 10.0. The van der Waals surface area contributed by atoms with E-state index in [1.165, 1.54) is 7.11 Å². The maximum absolute atomic E-state index is 11.6. The highest BCUT2D eigenvalue weighted by atomic mass is 16.5. The molecule has 0 saturated carbocycles. The van der Waals surface area contributed by atoms with E-state index in [1.807, 2.05) is 4.90 Å². The van der Waals surface area contributed by atoms with Gasteiger partial charge in [0.1, 0.15) is 0 Å². The molecule has 4 nitrogen and oxygen atoms in total. The fraction of sp³-hybridized carbons (Fsp3) is 0.909. The van der Waals surface area contributed by atoms with Gasteiger partial charge in [-0.15, -0.1) is 0 Å². The summed E-state index contributed by atoms with van der Waals surface area (Å²) in [5, 5.41) is 0. The zero-order valence-electron chi connectivity index (χ0n) is 10.0. The second kappa shape index (κ2) is 5.95. The van der Waals surface area contributed by atoms with E-state index in [0.29, 0.717) is 6.04 Å². The third-order valence-electron chi connectivity index (χ3n) is 3.00. The fourth-order valence-electron chi connectivity index (χ4n) is 2.09. The molecule has 0 aromatic heterocycles. The predicted octanol–water partition coefficient (Wildman–Crippen LogP) is 1.56. The molecular formula is C11H22N2O2. The average Bonchev–Trinajstić information content (AvgIpc) is 2.26. The largest absolute Gasteiger partial charge is 0.453 e. The van der Waals surface area contributed by atoms with Gasteiger partial charge >= 0.3 is 6.09 Å². The van der Waals surface area contributed by atoms with Gasteiger partial charge in [-0.25, -0.2) is 4.79 Å². The lowest BCUT2D eigenvalue weighted by Crippen LogP contribution is -2.46. The van der Waals surface area contributed by atoms with Crippen LogP contribution >= 0.6 is 0 Å². The van der Waals surface area contributed by atoms with Crippen LogP contribution in [0.1, 0.15) is 26.2 Å². The Balaban J connectivity index is 2.51. The van der Waals surface area contributed by atoms with Crippen molar-refractivity contribution in [1.29, 1.82) is 0 Å². The van der Waals surface area contributed by atoms with Crippen LogP contribution in [-0.4, -0.2) is 55.7 Å². The number of nitrogens with zero attached hydrogens (tertiary/aromatic N) is 2. The topological polar surface area (TPSA) is 32.8 Å². The fourth-order valence-corrected chi connectivity index (χ4v) is 2.09. The summed E-state index contributed by atoms with van der Waals surface area (Å²) in [7, 11) is 3.58. The van der Waals surface area contributed by atoms with Crippen LogP contribution in [0, 0.1) is 0 Å². The van der Waals surface area contributed by atoms with Gasteiger partial charge in [0.05, 0.1) is 7.11 Å². The van der Waals surface area contributed by atoms with Crippen molar-refractivity contribution in [3.8, 4) is 0 Å². The summed E-state index contributed by atoms with van der Waals surface area (Å²) in [5.74, 6) is 0. The number of rotatable bonds is 3. The summed E-state index contributed by atoms with van der Waals surface area (Å²) >= 11 is 0. The molecule has 0 bridgehead atoms. The van der Waals surface area contributed by atoms with Crippen LogP contribution in [0.3, 0.4) is 0 Å². The van der Waals surface area contributed by atoms with Crippen LogP contribution in [0.25, 0.3) is 0 Å². The predicted molar refractivity (Wildman–Crippen MR) is 59.9 cm³/mol. The SMILES string of the molecule is CCCN(C(=O)OC)C1CCN(C)CC1. The minimum atomic E-state index is -0.175. The van der Waals surface area contributed by atoms with E-state index in [9.17, 15) is 4.79 Å². The van der Waals surface area contributed by atoms with Crippen molar-refractivity contribution in [3.05, 3.63) is 0 Å². The molecule has 0 radical (unpaired) electrons. The minimum Gasteiger partial charge on any atom is -0.453 e. The zero-order chi connectivity index (χ0) is 11.3. The molecule has 4 heteroatoms. The first-order chi connectivity index (χ1) is 7.19. The van der Waals surface area contributed by atoms with Crippen molar-refractivity contribution in [2.45, 2.75) is 32.2 Å². The number of amides is 1. The number of hydrogen-bond acceptors (Lipinski definition) is 3. The van der Waals surface area contributed by atoms with Gasteiger partial charge in [0.15, 0.2) is 0 Å². The third-order valence-corrected chi connectivity index (χ3v) is 3.00. The van der Waals surface area contributed by atoms with Gasteiger partial charge in [0.25, 0.3) is 0 Å². The Hall–Kier alpha value is -0.770. The summed E-state index contributed by atoms with van der Waals surface area (Å²) in [5.41, 5.74) is 0. The van der Waals surface area contributed by atoms with Gasteiger partial charge < -0.3 is 14.5 Å². The highest BCUT2D eigenvalue weighted by Crippen LogP contribution is 2.16. The highest BCUT2D eigenvalue weighted by molar-refractivity contribution is 5.67. The Kier molecular flexibility index (Phi) is 4.88. The monoisotopic (exact) mass is 214 g/mol. The molecule has 15 heavy (non-hydrogen) atoms. The Labute approximate surface area is 92.2 Å². The number of methoxy groups -OCH3 is 1. The van der Waals surface area contributed by atoms with E-state index in [-0.39, 0.29) is 6.09 Å². The van der Waals surface area contributed by atoms with Gasteiger partial charge in [-0.2, -0.15) is 0 Å². The molecule has 0 aromatic rings. The number of carbonyl (C=O) groups excluding carboxylic acids is 1. The molecule has 1 aliphatic heterocycles. The molecule has 0 aromatic carbocycles. The number of likely N-dealkylation sites (tertiary alicyclic amines) is 1. The summed E-state index contributed by atoms with van der Waals surface area (Å²) in [6.45, 7) is 5.04. The van der Waals surface area contributed by atoms with E-state index in [0.717, 1.165) is 38.9 Å². The zero-order valence-corrected chi connectivity index (χ0v) is 10.0. The van der Waals surface area contributed by atoms with Gasteiger partial charge in [-0.1, -0.05) is 6.92 Å². The Morgan fingerprint density at radius 3 is 2.53 bits per heavy atom. The van der Waals surface area contributed by atoms with Crippen molar-refractivity contribution in [2.24, 2.45) is 0 Å².